The Bertz CT molecular complexity index is 1160. The summed E-state index contributed by atoms with van der Waals surface area (Å²) in [5, 5.41) is 8.23. The third-order valence-corrected chi connectivity index (χ3v) is 6.69. The van der Waals surface area contributed by atoms with Crippen molar-refractivity contribution in [2.75, 3.05) is 13.1 Å². The van der Waals surface area contributed by atoms with Crippen LogP contribution < -0.4 is 5.32 Å². The lowest BCUT2D eigenvalue weighted by Gasteiger charge is -2.24. The van der Waals surface area contributed by atoms with Gasteiger partial charge in [-0.05, 0) is 56.7 Å². The van der Waals surface area contributed by atoms with Gasteiger partial charge in [0.2, 0.25) is 5.91 Å². The Kier molecular flexibility index (Phi) is 8.57. The van der Waals surface area contributed by atoms with Crippen molar-refractivity contribution in [3.05, 3.63) is 80.0 Å². The zero-order chi connectivity index (χ0) is 24.1. The quantitative estimate of drug-likeness (QED) is 0.374. The van der Waals surface area contributed by atoms with Gasteiger partial charge in [0.1, 0.15) is 0 Å². The van der Waals surface area contributed by atoms with Crippen LogP contribution in [0, 0.1) is 6.92 Å². The van der Waals surface area contributed by atoms with Crippen LogP contribution in [0.5, 0.6) is 0 Å². The lowest BCUT2D eigenvalue weighted by atomic mass is 10.0. The van der Waals surface area contributed by atoms with Crippen LogP contribution >= 0.6 is 39.1 Å². The smallest absolute Gasteiger partial charge is 0.255 e. The van der Waals surface area contributed by atoms with Gasteiger partial charge in [0.25, 0.3) is 5.91 Å². The van der Waals surface area contributed by atoms with Crippen LogP contribution in [0.1, 0.15) is 47.9 Å². The molecule has 0 aliphatic rings. The monoisotopic (exact) mass is 550 g/mol. The summed E-state index contributed by atoms with van der Waals surface area (Å²) in [5.74, 6) is -0.329. The highest BCUT2D eigenvalue weighted by Crippen LogP contribution is 2.26. The van der Waals surface area contributed by atoms with Crippen molar-refractivity contribution in [1.29, 1.82) is 0 Å². The highest BCUT2D eigenvalue weighted by molar-refractivity contribution is 9.10. The minimum Gasteiger partial charge on any atom is -0.345 e. The number of benzene rings is 2. The molecule has 3 rings (SSSR count). The van der Waals surface area contributed by atoms with Gasteiger partial charge in [-0.15, -0.1) is 0 Å². The Balaban J connectivity index is 1.88. The highest BCUT2D eigenvalue weighted by atomic mass is 79.9. The van der Waals surface area contributed by atoms with Gasteiger partial charge in [0.05, 0.1) is 45.6 Å². The summed E-state index contributed by atoms with van der Waals surface area (Å²) >= 11 is 15.6. The van der Waals surface area contributed by atoms with Crippen molar-refractivity contribution >= 4 is 50.9 Å². The fourth-order valence-electron chi connectivity index (χ4n) is 3.60. The molecule has 0 saturated heterocycles. The summed E-state index contributed by atoms with van der Waals surface area (Å²) in [6.07, 6.45) is 1.67. The average molecular weight is 552 g/mol. The van der Waals surface area contributed by atoms with E-state index < -0.39 is 6.04 Å². The Labute approximate surface area is 212 Å². The molecule has 1 heterocycles. The number of carbonyl (C=O) groups excluding carboxylic acids is 2. The summed E-state index contributed by atoms with van der Waals surface area (Å²) in [5.41, 5.74) is 2.60. The number of nitrogens with zero attached hydrogens (tertiary/aromatic N) is 3. The first-order chi connectivity index (χ1) is 15.7. The number of carbonyl (C=O) groups is 2. The van der Waals surface area contributed by atoms with Crippen LogP contribution in [0.2, 0.25) is 10.0 Å². The average Bonchev–Trinajstić information content (AvgIpc) is 3.17. The van der Waals surface area contributed by atoms with Crippen molar-refractivity contribution in [2.24, 2.45) is 0 Å². The van der Waals surface area contributed by atoms with Crippen molar-refractivity contribution in [1.82, 2.24) is 20.0 Å². The molecule has 0 aliphatic carbocycles. The van der Waals surface area contributed by atoms with E-state index in [0.29, 0.717) is 40.1 Å². The SMILES string of the molecule is CCN(CC)C(=O)CC(NC(=O)c1cnn(-c2ccc(Cl)c(Cl)c2)c1C)c1cccc(Br)c1. The van der Waals surface area contributed by atoms with E-state index in [0.717, 1.165) is 10.0 Å². The van der Waals surface area contributed by atoms with Gasteiger partial charge >= 0.3 is 0 Å². The van der Waals surface area contributed by atoms with Crippen LogP contribution in [0.15, 0.2) is 53.1 Å². The molecule has 0 bridgehead atoms. The third kappa shape index (κ3) is 5.96. The van der Waals surface area contributed by atoms with Crippen molar-refractivity contribution in [2.45, 2.75) is 33.2 Å². The van der Waals surface area contributed by atoms with Crippen molar-refractivity contribution < 1.29 is 9.59 Å². The van der Waals surface area contributed by atoms with E-state index in [1.165, 1.54) is 6.20 Å². The molecular formula is C24H25BrCl2N4O2. The summed E-state index contributed by atoms with van der Waals surface area (Å²) in [4.78, 5) is 27.8. The molecule has 1 N–H and O–H groups in total. The number of halogens is 3. The minimum absolute atomic E-state index is 0.0199. The number of nitrogens with one attached hydrogen (secondary N) is 1. The standard InChI is InChI=1S/C24H25BrCl2N4O2/c1-4-30(5-2)23(32)13-22(16-7-6-8-17(25)11-16)29-24(33)19-14-28-31(15(19)3)18-9-10-20(26)21(27)12-18/h6-12,14,22H,4-5,13H2,1-3H3,(H,29,33). The van der Waals surface area contributed by atoms with Gasteiger partial charge < -0.3 is 10.2 Å². The fraction of sp³-hybridized carbons (Fsp3) is 0.292. The maximum absolute atomic E-state index is 13.2. The van der Waals surface area contributed by atoms with Crippen LogP contribution in [0.3, 0.4) is 0 Å². The number of amides is 2. The minimum atomic E-state index is -0.490. The van der Waals surface area contributed by atoms with Crippen LogP contribution in [-0.2, 0) is 4.79 Å². The summed E-state index contributed by atoms with van der Waals surface area (Å²) in [6, 6.07) is 12.3. The molecule has 1 unspecified atom stereocenters. The van der Waals surface area contributed by atoms with E-state index in [-0.39, 0.29) is 18.2 Å². The third-order valence-electron chi connectivity index (χ3n) is 5.45. The first-order valence-electron chi connectivity index (χ1n) is 10.6. The summed E-state index contributed by atoms with van der Waals surface area (Å²) in [7, 11) is 0. The molecule has 0 aliphatic heterocycles. The van der Waals surface area contributed by atoms with Crippen LogP contribution in [-0.4, -0.2) is 39.6 Å². The Hall–Kier alpha value is -2.35. The zero-order valence-electron chi connectivity index (χ0n) is 18.6. The highest BCUT2D eigenvalue weighted by Gasteiger charge is 2.24. The molecule has 0 saturated carbocycles. The molecule has 33 heavy (non-hydrogen) atoms. The summed E-state index contributed by atoms with van der Waals surface area (Å²) in [6.45, 7) is 6.91. The van der Waals surface area contributed by atoms with Crippen molar-refractivity contribution in [3.8, 4) is 5.69 Å². The predicted molar refractivity (Wildman–Crippen MR) is 135 cm³/mol. The zero-order valence-corrected chi connectivity index (χ0v) is 21.7. The maximum Gasteiger partial charge on any atom is 0.255 e. The van der Waals surface area contributed by atoms with E-state index >= 15 is 0 Å². The largest absolute Gasteiger partial charge is 0.345 e. The van der Waals surface area contributed by atoms with E-state index in [4.69, 9.17) is 23.2 Å². The lowest BCUT2D eigenvalue weighted by molar-refractivity contribution is -0.131. The number of aromatic nitrogens is 2. The molecule has 0 spiro atoms. The van der Waals surface area contributed by atoms with Crippen molar-refractivity contribution in [3.63, 3.8) is 0 Å². The second-order valence-corrected chi connectivity index (χ2v) is 9.24. The molecule has 2 amide bonds. The Morgan fingerprint density at radius 2 is 1.85 bits per heavy atom. The van der Waals surface area contributed by atoms with Gasteiger partial charge in [-0.3, -0.25) is 9.59 Å². The van der Waals surface area contributed by atoms with Gasteiger partial charge in [0.15, 0.2) is 0 Å². The molecule has 0 fully saturated rings. The second kappa shape index (κ2) is 11.2. The number of hydrogen-bond donors (Lipinski definition) is 1. The maximum atomic E-state index is 13.2. The van der Waals surface area contributed by atoms with Gasteiger partial charge in [0, 0.05) is 17.6 Å². The molecule has 1 atom stereocenters. The normalized spacial score (nSPS) is 11.8. The summed E-state index contributed by atoms with van der Waals surface area (Å²) < 4.78 is 2.50. The van der Waals surface area contributed by atoms with E-state index in [9.17, 15) is 9.59 Å². The Morgan fingerprint density at radius 1 is 1.12 bits per heavy atom. The second-order valence-electron chi connectivity index (χ2n) is 7.51. The van der Waals surface area contributed by atoms with Crippen LogP contribution in [0.25, 0.3) is 5.69 Å². The van der Waals surface area contributed by atoms with E-state index in [2.05, 4.69) is 26.3 Å². The molecule has 6 nitrogen and oxygen atoms in total. The first-order valence-corrected chi connectivity index (χ1v) is 12.1. The molecular weight excluding hydrogens is 527 g/mol. The molecule has 174 valence electrons. The van der Waals surface area contributed by atoms with E-state index in [1.807, 2.05) is 38.1 Å². The first kappa shape index (κ1) is 25.3. The van der Waals surface area contributed by atoms with Gasteiger partial charge in [-0.2, -0.15) is 5.10 Å². The molecule has 2 aromatic carbocycles. The Morgan fingerprint density at radius 3 is 2.48 bits per heavy atom. The topological polar surface area (TPSA) is 67.2 Å². The molecule has 0 radical (unpaired) electrons. The van der Waals surface area contributed by atoms with Gasteiger partial charge in [-0.25, -0.2) is 4.68 Å². The predicted octanol–water partition coefficient (Wildman–Crippen LogP) is 5.98. The van der Waals surface area contributed by atoms with E-state index in [1.54, 1.807) is 34.7 Å². The molecule has 1 aromatic heterocycles. The number of hydrogen-bond acceptors (Lipinski definition) is 3. The van der Waals surface area contributed by atoms with Crippen LogP contribution in [0.4, 0.5) is 0 Å². The number of rotatable bonds is 8. The van der Waals surface area contributed by atoms with Gasteiger partial charge in [-0.1, -0.05) is 51.3 Å². The molecule has 3 aromatic rings. The molecule has 9 heteroatoms. The fourth-order valence-corrected chi connectivity index (χ4v) is 4.31. The lowest BCUT2D eigenvalue weighted by Crippen LogP contribution is -2.36.